The third-order valence-corrected chi connectivity index (χ3v) is 3.89. The molecule has 6 nitrogen and oxygen atoms in total. The Balaban J connectivity index is 0.00000288. The molecule has 3 N–H and O–H groups in total. The molecule has 0 bridgehead atoms. The SMILES string of the molecule is CC(C)(C)[C@H](N)C(=O)Nc1cccc(C(=O)N2CCOCC2)c1.Cl. The van der Waals surface area contributed by atoms with Crippen molar-refractivity contribution in [1.29, 1.82) is 0 Å². The number of amides is 2. The summed E-state index contributed by atoms with van der Waals surface area (Å²) in [5, 5.41) is 2.79. The fourth-order valence-corrected chi connectivity index (χ4v) is 2.29. The Bertz CT molecular complexity index is 581. The van der Waals surface area contributed by atoms with Gasteiger partial charge in [-0.3, -0.25) is 9.59 Å². The minimum absolute atomic E-state index is 0. The highest BCUT2D eigenvalue weighted by Gasteiger charge is 2.27. The molecule has 2 amide bonds. The number of ether oxygens (including phenoxy) is 1. The van der Waals surface area contributed by atoms with Gasteiger partial charge in [-0.05, 0) is 23.6 Å². The summed E-state index contributed by atoms with van der Waals surface area (Å²) in [5.74, 6) is -0.307. The molecule has 1 heterocycles. The van der Waals surface area contributed by atoms with Crippen molar-refractivity contribution in [2.24, 2.45) is 11.1 Å². The Morgan fingerprint density at radius 2 is 1.88 bits per heavy atom. The van der Waals surface area contributed by atoms with E-state index in [1.54, 1.807) is 29.2 Å². The third kappa shape index (κ3) is 5.19. The first-order chi connectivity index (χ1) is 10.8. The largest absolute Gasteiger partial charge is 0.378 e. The number of nitrogens with two attached hydrogens (primary N) is 1. The summed E-state index contributed by atoms with van der Waals surface area (Å²) in [5.41, 5.74) is 6.76. The van der Waals surface area contributed by atoms with Crippen LogP contribution in [-0.2, 0) is 9.53 Å². The van der Waals surface area contributed by atoms with Crippen LogP contribution >= 0.6 is 12.4 Å². The van der Waals surface area contributed by atoms with E-state index < -0.39 is 6.04 Å². The summed E-state index contributed by atoms with van der Waals surface area (Å²) in [7, 11) is 0. The quantitative estimate of drug-likeness (QED) is 0.867. The lowest BCUT2D eigenvalue weighted by atomic mass is 9.87. The van der Waals surface area contributed by atoms with Crippen LogP contribution in [-0.4, -0.2) is 49.1 Å². The molecule has 24 heavy (non-hydrogen) atoms. The van der Waals surface area contributed by atoms with Gasteiger partial charge in [0, 0.05) is 24.3 Å². The molecule has 2 rings (SSSR count). The molecule has 1 fully saturated rings. The van der Waals surface area contributed by atoms with Gasteiger partial charge in [0.05, 0.1) is 19.3 Å². The topological polar surface area (TPSA) is 84.7 Å². The van der Waals surface area contributed by atoms with Crippen LogP contribution in [0.1, 0.15) is 31.1 Å². The number of rotatable bonds is 3. The number of hydrogen-bond acceptors (Lipinski definition) is 4. The van der Waals surface area contributed by atoms with Crippen molar-refractivity contribution < 1.29 is 14.3 Å². The fourth-order valence-electron chi connectivity index (χ4n) is 2.29. The first-order valence-electron chi connectivity index (χ1n) is 7.82. The third-order valence-electron chi connectivity index (χ3n) is 3.89. The Morgan fingerprint density at radius 1 is 1.25 bits per heavy atom. The molecule has 1 atom stereocenters. The number of anilines is 1. The molecule has 1 aliphatic rings. The number of nitrogens with zero attached hydrogens (tertiary/aromatic N) is 1. The molecule has 7 heteroatoms. The standard InChI is InChI=1S/C17H25N3O3.ClH/c1-17(2,3)14(18)15(21)19-13-6-4-5-12(11-13)16(22)20-7-9-23-10-8-20;/h4-6,11,14H,7-10,18H2,1-3H3,(H,19,21);1H/t14-;/m1./s1. The van der Waals surface area contributed by atoms with Gasteiger partial charge in [-0.15, -0.1) is 12.4 Å². The molecule has 1 aromatic rings. The van der Waals surface area contributed by atoms with Crippen molar-refractivity contribution in [2.45, 2.75) is 26.8 Å². The van der Waals surface area contributed by atoms with Gasteiger partial charge in [0.2, 0.25) is 5.91 Å². The molecule has 0 saturated carbocycles. The van der Waals surface area contributed by atoms with E-state index in [2.05, 4.69) is 5.32 Å². The van der Waals surface area contributed by atoms with Crippen LogP contribution in [0.3, 0.4) is 0 Å². The second kappa shape index (κ2) is 8.46. The molecule has 0 radical (unpaired) electrons. The molecule has 0 spiro atoms. The van der Waals surface area contributed by atoms with E-state index >= 15 is 0 Å². The summed E-state index contributed by atoms with van der Waals surface area (Å²) in [6.07, 6.45) is 0. The number of carbonyl (C=O) groups is 2. The monoisotopic (exact) mass is 355 g/mol. The van der Waals surface area contributed by atoms with Crippen LogP contribution < -0.4 is 11.1 Å². The number of carbonyl (C=O) groups excluding carboxylic acids is 2. The van der Waals surface area contributed by atoms with Crippen LogP contribution in [0.5, 0.6) is 0 Å². The van der Waals surface area contributed by atoms with Crippen molar-refractivity contribution in [3.63, 3.8) is 0 Å². The summed E-state index contributed by atoms with van der Waals surface area (Å²) in [6, 6.07) is 6.32. The van der Waals surface area contributed by atoms with Crippen molar-refractivity contribution in [1.82, 2.24) is 4.90 Å². The number of nitrogens with one attached hydrogen (secondary N) is 1. The maximum absolute atomic E-state index is 12.5. The van der Waals surface area contributed by atoms with E-state index in [0.717, 1.165) is 0 Å². The molecule has 0 unspecified atom stereocenters. The average molecular weight is 356 g/mol. The molecule has 1 aliphatic heterocycles. The Morgan fingerprint density at radius 3 is 2.46 bits per heavy atom. The smallest absolute Gasteiger partial charge is 0.254 e. The highest BCUT2D eigenvalue weighted by Crippen LogP contribution is 2.20. The average Bonchev–Trinajstić information content (AvgIpc) is 2.53. The summed E-state index contributed by atoms with van der Waals surface area (Å²) < 4.78 is 5.26. The van der Waals surface area contributed by atoms with E-state index in [4.69, 9.17) is 10.5 Å². The maximum Gasteiger partial charge on any atom is 0.254 e. The minimum atomic E-state index is -0.624. The fraction of sp³-hybridized carbons (Fsp3) is 0.529. The van der Waals surface area contributed by atoms with Gasteiger partial charge in [-0.1, -0.05) is 26.8 Å². The molecule has 1 aromatic carbocycles. The lowest BCUT2D eigenvalue weighted by molar-refractivity contribution is -0.119. The zero-order valence-electron chi connectivity index (χ0n) is 14.4. The highest BCUT2D eigenvalue weighted by atomic mass is 35.5. The van der Waals surface area contributed by atoms with Crippen LogP contribution in [0, 0.1) is 5.41 Å². The summed E-state index contributed by atoms with van der Waals surface area (Å²) >= 11 is 0. The molecular weight excluding hydrogens is 330 g/mol. The lowest BCUT2D eigenvalue weighted by Gasteiger charge is -2.27. The van der Waals surface area contributed by atoms with Gasteiger partial charge >= 0.3 is 0 Å². The minimum Gasteiger partial charge on any atom is -0.378 e. The van der Waals surface area contributed by atoms with E-state index in [-0.39, 0.29) is 29.6 Å². The maximum atomic E-state index is 12.5. The zero-order valence-corrected chi connectivity index (χ0v) is 15.2. The molecule has 134 valence electrons. The van der Waals surface area contributed by atoms with Gasteiger partial charge in [0.1, 0.15) is 0 Å². The van der Waals surface area contributed by atoms with Gasteiger partial charge in [-0.2, -0.15) is 0 Å². The predicted octanol–water partition coefficient (Wildman–Crippen LogP) is 1.89. The number of hydrogen-bond donors (Lipinski definition) is 2. The van der Waals surface area contributed by atoms with Crippen molar-refractivity contribution in [3.8, 4) is 0 Å². The lowest BCUT2D eigenvalue weighted by Crippen LogP contribution is -2.45. The number of benzene rings is 1. The van der Waals surface area contributed by atoms with Crippen molar-refractivity contribution in [3.05, 3.63) is 29.8 Å². The first kappa shape index (κ1) is 20.4. The molecular formula is C17H26ClN3O3. The number of halogens is 1. The Hall–Kier alpha value is -1.63. The Labute approximate surface area is 149 Å². The van der Waals surface area contributed by atoms with E-state index in [1.165, 1.54) is 0 Å². The second-order valence-corrected chi connectivity index (χ2v) is 6.82. The second-order valence-electron chi connectivity index (χ2n) is 6.82. The summed E-state index contributed by atoms with van der Waals surface area (Å²) in [4.78, 5) is 26.4. The number of morpholine rings is 1. The van der Waals surface area contributed by atoms with Crippen LogP contribution in [0.2, 0.25) is 0 Å². The molecule has 0 aliphatic carbocycles. The van der Waals surface area contributed by atoms with Crippen LogP contribution in [0.15, 0.2) is 24.3 Å². The van der Waals surface area contributed by atoms with Crippen LogP contribution in [0.25, 0.3) is 0 Å². The van der Waals surface area contributed by atoms with E-state index in [1.807, 2.05) is 20.8 Å². The van der Waals surface area contributed by atoms with Gasteiger partial charge in [0.15, 0.2) is 0 Å². The highest BCUT2D eigenvalue weighted by molar-refractivity contribution is 5.98. The zero-order chi connectivity index (χ0) is 17.0. The first-order valence-corrected chi connectivity index (χ1v) is 7.82. The van der Waals surface area contributed by atoms with E-state index in [9.17, 15) is 9.59 Å². The van der Waals surface area contributed by atoms with E-state index in [0.29, 0.717) is 37.6 Å². The van der Waals surface area contributed by atoms with Crippen LogP contribution in [0.4, 0.5) is 5.69 Å². The summed E-state index contributed by atoms with van der Waals surface area (Å²) in [6.45, 7) is 8.03. The molecule has 1 saturated heterocycles. The van der Waals surface area contributed by atoms with Gasteiger partial charge in [-0.25, -0.2) is 0 Å². The van der Waals surface area contributed by atoms with Crippen molar-refractivity contribution >= 4 is 29.9 Å². The normalized spacial score (nSPS) is 16.1. The Kier molecular flexibility index (Phi) is 7.20. The molecule has 0 aromatic heterocycles. The van der Waals surface area contributed by atoms with Gasteiger partial charge in [0.25, 0.3) is 5.91 Å². The predicted molar refractivity (Wildman–Crippen MR) is 96.5 cm³/mol. The van der Waals surface area contributed by atoms with Gasteiger partial charge < -0.3 is 20.7 Å². The van der Waals surface area contributed by atoms with Crippen molar-refractivity contribution in [2.75, 3.05) is 31.6 Å².